The summed E-state index contributed by atoms with van der Waals surface area (Å²) >= 11 is 1.49. The van der Waals surface area contributed by atoms with Gasteiger partial charge in [-0.05, 0) is 43.7 Å². The Morgan fingerprint density at radius 1 is 1.12 bits per heavy atom. The first-order valence-electron chi connectivity index (χ1n) is 10.8. The molecule has 1 fully saturated rings. The first-order valence-corrected chi connectivity index (χ1v) is 11.6. The van der Waals surface area contributed by atoms with Gasteiger partial charge in [0, 0.05) is 37.3 Å². The molecule has 176 valence electrons. The number of benzene rings is 1. The predicted octanol–water partition coefficient (Wildman–Crippen LogP) is 3.51. The largest absolute Gasteiger partial charge is 0.497 e. The van der Waals surface area contributed by atoms with E-state index >= 15 is 0 Å². The van der Waals surface area contributed by atoms with E-state index < -0.39 is 0 Å². The molecule has 2 aromatic heterocycles. The zero-order chi connectivity index (χ0) is 23.4. The van der Waals surface area contributed by atoms with E-state index in [1.165, 1.54) is 11.3 Å². The van der Waals surface area contributed by atoms with Crippen molar-refractivity contribution in [1.29, 1.82) is 0 Å². The lowest BCUT2D eigenvalue weighted by molar-refractivity contribution is 0.103. The Bertz CT molecular complexity index is 1070. The minimum atomic E-state index is -0.185. The van der Waals surface area contributed by atoms with Gasteiger partial charge in [-0.25, -0.2) is 0 Å². The van der Waals surface area contributed by atoms with Gasteiger partial charge >= 0.3 is 0 Å². The van der Waals surface area contributed by atoms with Crippen molar-refractivity contribution in [2.24, 2.45) is 0 Å². The highest BCUT2D eigenvalue weighted by Crippen LogP contribution is 2.29. The van der Waals surface area contributed by atoms with Crippen LogP contribution in [0.25, 0.3) is 0 Å². The van der Waals surface area contributed by atoms with Crippen LogP contribution in [-0.2, 0) is 6.61 Å². The maximum Gasteiger partial charge on any atom is 0.266 e. The average Bonchev–Trinajstić information content (AvgIpc) is 3.46. The molecule has 2 atom stereocenters. The van der Waals surface area contributed by atoms with E-state index in [9.17, 15) is 4.79 Å². The fourth-order valence-corrected chi connectivity index (χ4v) is 4.78. The molecule has 3 N–H and O–H groups in total. The smallest absolute Gasteiger partial charge is 0.266 e. The normalized spacial score (nSPS) is 18.1. The number of carbonyl (C=O) groups excluding carboxylic acids is 1. The van der Waals surface area contributed by atoms with E-state index in [0.717, 1.165) is 23.7 Å². The number of aromatic nitrogens is 2. The molecule has 2 unspecified atom stereocenters. The second kappa shape index (κ2) is 10.1. The van der Waals surface area contributed by atoms with Gasteiger partial charge in [-0.1, -0.05) is 0 Å². The Kier molecular flexibility index (Phi) is 7.05. The number of hydrogen-bond acceptors (Lipinski definition) is 8. The Hall–Kier alpha value is -3.24. The molecule has 3 aromatic rings. The molecule has 0 spiro atoms. The van der Waals surface area contributed by atoms with Crippen LogP contribution in [0.5, 0.6) is 17.4 Å². The van der Waals surface area contributed by atoms with E-state index in [4.69, 9.17) is 14.2 Å². The minimum Gasteiger partial charge on any atom is -0.497 e. The maximum absolute atomic E-state index is 12.7. The van der Waals surface area contributed by atoms with Crippen LogP contribution in [0.1, 0.15) is 29.1 Å². The molecule has 1 aromatic carbocycles. The second-order valence-electron chi connectivity index (χ2n) is 8.10. The van der Waals surface area contributed by atoms with Crippen molar-refractivity contribution in [3.63, 3.8) is 0 Å². The number of carbonyl (C=O) groups is 1. The van der Waals surface area contributed by atoms with Gasteiger partial charge in [0.2, 0.25) is 5.88 Å². The third-order valence-electron chi connectivity index (χ3n) is 5.29. The van der Waals surface area contributed by atoms with Gasteiger partial charge < -0.3 is 29.7 Å². The highest BCUT2D eigenvalue weighted by Gasteiger charge is 2.23. The third-order valence-corrected chi connectivity index (χ3v) is 6.43. The summed E-state index contributed by atoms with van der Waals surface area (Å²) in [5.41, 5.74) is 0.877. The summed E-state index contributed by atoms with van der Waals surface area (Å²) in [6.07, 6.45) is 0. The number of ether oxygens (including phenoxy) is 3. The number of methoxy groups -OCH3 is 2. The molecule has 0 aliphatic carbocycles. The van der Waals surface area contributed by atoms with E-state index in [2.05, 4.69) is 39.6 Å². The molecule has 1 aliphatic heterocycles. The van der Waals surface area contributed by atoms with Crippen LogP contribution >= 0.6 is 11.3 Å². The number of hydrogen-bond donors (Lipinski definition) is 3. The highest BCUT2D eigenvalue weighted by molar-refractivity contribution is 7.18. The van der Waals surface area contributed by atoms with Gasteiger partial charge in [-0.15, -0.1) is 16.4 Å². The Morgan fingerprint density at radius 3 is 2.48 bits per heavy atom. The van der Waals surface area contributed by atoms with Crippen molar-refractivity contribution in [1.82, 2.24) is 15.5 Å². The number of anilines is 2. The molecule has 0 bridgehead atoms. The lowest BCUT2D eigenvalue weighted by Crippen LogP contribution is -2.54. The Morgan fingerprint density at radius 2 is 1.82 bits per heavy atom. The van der Waals surface area contributed by atoms with Crippen molar-refractivity contribution in [3.8, 4) is 17.4 Å². The zero-order valence-electron chi connectivity index (χ0n) is 19.2. The van der Waals surface area contributed by atoms with Crippen molar-refractivity contribution >= 4 is 28.1 Å². The molecule has 9 nitrogen and oxygen atoms in total. The molecule has 3 heterocycles. The van der Waals surface area contributed by atoms with Crippen LogP contribution < -0.4 is 29.7 Å². The average molecular weight is 472 g/mol. The lowest BCUT2D eigenvalue weighted by Gasteiger charge is -2.36. The van der Waals surface area contributed by atoms with Gasteiger partial charge in [0.15, 0.2) is 0 Å². The van der Waals surface area contributed by atoms with Gasteiger partial charge in [0.25, 0.3) is 5.91 Å². The predicted molar refractivity (Wildman–Crippen MR) is 129 cm³/mol. The minimum absolute atomic E-state index is 0.185. The van der Waals surface area contributed by atoms with Crippen molar-refractivity contribution in [2.75, 3.05) is 37.5 Å². The number of nitrogens with zero attached hydrogens (tertiary/aromatic N) is 2. The molecular weight excluding hydrogens is 442 g/mol. The fourth-order valence-electron chi connectivity index (χ4n) is 3.86. The number of piperazine rings is 1. The highest BCUT2D eigenvalue weighted by atomic mass is 32.1. The third kappa shape index (κ3) is 5.77. The molecule has 1 amide bonds. The van der Waals surface area contributed by atoms with Crippen LogP contribution in [0.4, 0.5) is 10.8 Å². The molecule has 10 heteroatoms. The van der Waals surface area contributed by atoms with Crippen LogP contribution in [0.2, 0.25) is 0 Å². The molecule has 0 radical (unpaired) electrons. The summed E-state index contributed by atoms with van der Waals surface area (Å²) in [5, 5.41) is 14.4. The maximum atomic E-state index is 12.7. The molecule has 0 saturated carbocycles. The van der Waals surface area contributed by atoms with Crippen LogP contribution in [-0.4, -0.2) is 55.5 Å². The summed E-state index contributed by atoms with van der Waals surface area (Å²) in [6, 6.07) is 11.9. The number of rotatable bonds is 8. The summed E-state index contributed by atoms with van der Waals surface area (Å²) in [5.74, 6) is 2.03. The van der Waals surface area contributed by atoms with Gasteiger partial charge in [0.1, 0.15) is 23.9 Å². The van der Waals surface area contributed by atoms with Crippen molar-refractivity contribution < 1.29 is 19.0 Å². The standard InChI is InChI=1S/C23H29N5O4S/c1-14-11-28(12-15(2)24-14)22-6-5-19(33-22)23(29)25-20-10-21(27-26-20)32-13-16-7-17(30-3)9-18(8-16)31-4/h5-10,14-15,24H,11-13H2,1-4H3,(H2,25,26,27,29). The quantitative estimate of drug-likeness (QED) is 0.462. The van der Waals surface area contributed by atoms with E-state index in [1.54, 1.807) is 26.4 Å². The fraction of sp³-hybridized carbons (Fsp3) is 0.391. The monoisotopic (exact) mass is 471 g/mol. The van der Waals surface area contributed by atoms with Crippen LogP contribution in [0, 0.1) is 0 Å². The summed E-state index contributed by atoms with van der Waals surface area (Å²) < 4.78 is 16.3. The first-order chi connectivity index (χ1) is 15.9. The van der Waals surface area contributed by atoms with Crippen molar-refractivity contribution in [2.45, 2.75) is 32.5 Å². The van der Waals surface area contributed by atoms with Crippen molar-refractivity contribution in [3.05, 3.63) is 46.8 Å². The number of H-pyrrole nitrogens is 1. The first kappa shape index (κ1) is 22.9. The van der Waals surface area contributed by atoms with Crippen LogP contribution in [0.15, 0.2) is 36.4 Å². The summed E-state index contributed by atoms with van der Waals surface area (Å²) in [4.78, 5) is 15.7. The van der Waals surface area contributed by atoms with E-state index in [-0.39, 0.29) is 12.5 Å². The summed E-state index contributed by atoms with van der Waals surface area (Å²) in [6.45, 7) is 6.47. The molecule has 1 aliphatic rings. The SMILES string of the molecule is COc1cc(COc2cc(NC(=O)c3ccc(N4CC(C)NC(C)C4)s3)[nH]n2)cc(OC)c1. The number of nitrogens with one attached hydrogen (secondary N) is 3. The molecular formula is C23H29N5O4S. The van der Waals surface area contributed by atoms with Gasteiger partial charge in [0.05, 0.1) is 24.1 Å². The molecule has 4 rings (SSSR count). The van der Waals surface area contributed by atoms with Gasteiger partial charge in [-0.2, -0.15) is 0 Å². The Balaban J connectivity index is 1.34. The molecule has 33 heavy (non-hydrogen) atoms. The summed E-state index contributed by atoms with van der Waals surface area (Å²) in [7, 11) is 3.20. The number of amides is 1. The van der Waals surface area contributed by atoms with E-state index in [0.29, 0.717) is 40.2 Å². The zero-order valence-corrected chi connectivity index (χ0v) is 20.0. The van der Waals surface area contributed by atoms with Gasteiger partial charge in [-0.3, -0.25) is 9.89 Å². The van der Waals surface area contributed by atoms with E-state index in [1.807, 2.05) is 24.3 Å². The second-order valence-corrected chi connectivity index (χ2v) is 9.16. The number of thiophene rings is 1. The Labute approximate surface area is 197 Å². The lowest BCUT2D eigenvalue weighted by atomic mass is 10.1. The van der Waals surface area contributed by atoms with Crippen LogP contribution in [0.3, 0.4) is 0 Å². The molecule has 1 saturated heterocycles. The topological polar surface area (TPSA) is 101 Å². The number of aromatic amines is 1.